The summed E-state index contributed by atoms with van der Waals surface area (Å²) < 4.78 is 0. The molecule has 3 atom stereocenters. The lowest BCUT2D eigenvalue weighted by atomic mass is 9.87. The molecule has 1 N–H and O–H groups in total. The van der Waals surface area contributed by atoms with Gasteiger partial charge in [0, 0.05) is 25.5 Å². The summed E-state index contributed by atoms with van der Waals surface area (Å²) in [5, 5.41) is 3.23. The largest absolute Gasteiger partial charge is 0.342 e. The van der Waals surface area contributed by atoms with Crippen LogP contribution in [0.2, 0.25) is 0 Å². The second-order valence-corrected chi connectivity index (χ2v) is 8.39. The maximum atomic E-state index is 12.9. The van der Waals surface area contributed by atoms with Crippen LogP contribution in [0.1, 0.15) is 53.5 Å². The first-order valence-electron chi connectivity index (χ1n) is 11.1. The Hall–Kier alpha value is -3.05. The molecule has 0 bridgehead atoms. The van der Waals surface area contributed by atoms with Crippen molar-refractivity contribution in [3.63, 3.8) is 0 Å². The van der Waals surface area contributed by atoms with Gasteiger partial charge in [0.15, 0.2) is 0 Å². The number of carbonyl (C=O) groups is 1. The number of pyridine rings is 2. The normalized spacial score (nSPS) is 18.8. The number of aromatic nitrogens is 2. The van der Waals surface area contributed by atoms with Gasteiger partial charge in [0.05, 0.1) is 11.7 Å². The van der Waals surface area contributed by atoms with Gasteiger partial charge in [0.2, 0.25) is 0 Å². The number of nitrogens with zero attached hydrogens (tertiary/aromatic N) is 3. The van der Waals surface area contributed by atoms with E-state index in [4.69, 9.17) is 0 Å². The van der Waals surface area contributed by atoms with Crippen molar-refractivity contribution in [3.8, 4) is 0 Å². The minimum atomic E-state index is -0.147. The van der Waals surface area contributed by atoms with Crippen molar-refractivity contribution in [1.82, 2.24) is 20.2 Å². The quantitative estimate of drug-likeness (QED) is 0.620. The smallest absolute Gasteiger partial charge is 0.270 e. The summed E-state index contributed by atoms with van der Waals surface area (Å²) in [6.45, 7) is 5.35. The van der Waals surface area contributed by atoms with Crippen LogP contribution in [0.3, 0.4) is 0 Å². The first kappa shape index (κ1) is 21.2. The predicted molar refractivity (Wildman–Crippen MR) is 123 cm³/mol. The van der Waals surface area contributed by atoms with Gasteiger partial charge in [-0.25, -0.2) is 0 Å². The molecule has 1 amide bonds. The fraction of sp³-hybridized carbons (Fsp3) is 0.346. The lowest BCUT2D eigenvalue weighted by Crippen LogP contribution is -2.44. The Kier molecular flexibility index (Phi) is 7.05. The highest BCUT2D eigenvalue weighted by atomic mass is 16.1. The standard InChI is InChI=1S/C26H30N4O/c1-20(21-10-3-2-4-11-21)18-30-17-9-12-22(19-30)25(23-13-5-7-15-27-23)29-26(31)24-14-6-8-16-28-24/h2-8,10-11,13-16,20,22,25H,9,12,17-19H2,1H3,(H,29,31). The lowest BCUT2D eigenvalue weighted by molar-refractivity contribution is 0.0872. The highest BCUT2D eigenvalue weighted by molar-refractivity contribution is 5.92. The zero-order chi connectivity index (χ0) is 21.5. The van der Waals surface area contributed by atoms with Gasteiger partial charge in [0.1, 0.15) is 5.69 Å². The van der Waals surface area contributed by atoms with Crippen LogP contribution >= 0.6 is 0 Å². The number of hydrogen-bond donors (Lipinski definition) is 1. The second-order valence-electron chi connectivity index (χ2n) is 8.39. The van der Waals surface area contributed by atoms with Crippen LogP contribution in [0.5, 0.6) is 0 Å². The van der Waals surface area contributed by atoms with Crippen molar-refractivity contribution >= 4 is 5.91 Å². The summed E-state index contributed by atoms with van der Waals surface area (Å²) in [4.78, 5) is 24.2. The van der Waals surface area contributed by atoms with Crippen LogP contribution in [0.25, 0.3) is 0 Å². The second kappa shape index (κ2) is 10.3. The van der Waals surface area contributed by atoms with E-state index in [9.17, 15) is 4.79 Å². The third kappa shape index (κ3) is 5.56. The maximum Gasteiger partial charge on any atom is 0.270 e. The Bertz CT molecular complexity index is 949. The summed E-state index contributed by atoms with van der Waals surface area (Å²) in [7, 11) is 0. The van der Waals surface area contributed by atoms with E-state index in [1.807, 2.05) is 30.3 Å². The maximum absolute atomic E-state index is 12.9. The third-order valence-electron chi connectivity index (χ3n) is 6.10. The van der Waals surface area contributed by atoms with Gasteiger partial charge in [0.25, 0.3) is 5.91 Å². The molecule has 1 saturated heterocycles. The molecule has 3 unspecified atom stereocenters. The zero-order valence-corrected chi connectivity index (χ0v) is 18.0. The molecule has 1 fully saturated rings. The van der Waals surface area contributed by atoms with Gasteiger partial charge in [-0.3, -0.25) is 14.8 Å². The van der Waals surface area contributed by atoms with E-state index < -0.39 is 0 Å². The van der Waals surface area contributed by atoms with Crippen molar-refractivity contribution in [1.29, 1.82) is 0 Å². The number of rotatable bonds is 7. The molecule has 160 valence electrons. The summed E-state index contributed by atoms with van der Waals surface area (Å²) in [5.74, 6) is 0.627. The number of piperidine rings is 1. The molecule has 0 saturated carbocycles. The molecule has 3 heterocycles. The minimum Gasteiger partial charge on any atom is -0.342 e. The zero-order valence-electron chi connectivity index (χ0n) is 18.0. The summed E-state index contributed by atoms with van der Waals surface area (Å²) >= 11 is 0. The van der Waals surface area contributed by atoms with E-state index >= 15 is 0 Å². The Labute approximate surface area is 184 Å². The molecule has 4 rings (SSSR count). The third-order valence-corrected chi connectivity index (χ3v) is 6.10. The van der Waals surface area contributed by atoms with Crippen LogP contribution in [-0.2, 0) is 0 Å². The van der Waals surface area contributed by atoms with E-state index in [0.29, 0.717) is 17.5 Å². The van der Waals surface area contributed by atoms with Gasteiger partial charge >= 0.3 is 0 Å². The lowest BCUT2D eigenvalue weighted by Gasteiger charge is -2.38. The fourth-order valence-corrected chi connectivity index (χ4v) is 4.51. The number of likely N-dealkylation sites (tertiary alicyclic amines) is 1. The van der Waals surface area contributed by atoms with Gasteiger partial charge in [-0.15, -0.1) is 0 Å². The minimum absolute atomic E-state index is 0.134. The number of benzene rings is 1. The van der Waals surface area contributed by atoms with Crippen LogP contribution in [-0.4, -0.2) is 40.4 Å². The summed E-state index contributed by atoms with van der Waals surface area (Å²) in [5.41, 5.74) is 2.72. The fourth-order valence-electron chi connectivity index (χ4n) is 4.51. The number of hydrogen-bond acceptors (Lipinski definition) is 4. The Balaban J connectivity index is 1.49. The monoisotopic (exact) mass is 414 g/mol. The van der Waals surface area contributed by atoms with Gasteiger partial charge in [-0.1, -0.05) is 49.4 Å². The summed E-state index contributed by atoms with van der Waals surface area (Å²) in [6.07, 6.45) is 5.64. The predicted octanol–water partition coefficient (Wildman–Crippen LogP) is 4.46. The molecule has 5 heteroatoms. The molecule has 0 aliphatic carbocycles. The van der Waals surface area contributed by atoms with E-state index in [2.05, 4.69) is 57.4 Å². The van der Waals surface area contributed by atoms with E-state index in [0.717, 1.165) is 38.2 Å². The van der Waals surface area contributed by atoms with E-state index in [-0.39, 0.29) is 11.9 Å². The summed E-state index contributed by atoms with van der Waals surface area (Å²) in [6, 6.07) is 21.9. The molecule has 2 aromatic heterocycles. The molecule has 0 radical (unpaired) electrons. The first-order valence-corrected chi connectivity index (χ1v) is 11.1. The molecular weight excluding hydrogens is 384 g/mol. The average molecular weight is 415 g/mol. The van der Waals surface area contributed by atoms with E-state index in [1.54, 1.807) is 18.5 Å². The SMILES string of the molecule is CC(CN1CCCC(C(NC(=O)c2ccccn2)c2ccccn2)C1)c1ccccc1. The number of amides is 1. The van der Waals surface area contributed by atoms with E-state index in [1.165, 1.54) is 5.56 Å². The number of nitrogens with one attached hydrogen (secondary N) is 1. The molecule has 1 aliphatic heterocycles. The van der Waals surface area contributed by atoms with Crippen molar-refractivity contribution in [2.45, 2.75) is 31.7 Å². The van der Waals surface area contributed by atoms with Crippen LogP contribution in [0, 0.1) is 5.92 Å². The van der Waals surface area contributed by atoms with Crippen LogP contribution in [0.4, 0.5) is 0 Å². The highest BCUT2D eigenvalue weighted by Crippen LogP contribution is 2.30. The number of carbonyl (C=O) groups excluding carboxylic acids is 1. The molecule has 5 nitrogen and oxygen atoms in total. The molecule has 1 aliphatic rings. The van der Waals surface area contributed by atoms with Crippen molar-refractivity contribution in [2.75, 3.05) is 19.6 Å². The molecule has 3 aromatic rings. The van der Waals surface area contributed by atoms with Crippen LogP contribution < -0.4 is 5.32 Å². The Morgan fingerprint density at radius 2 is 1.77 bits per heavy atom. The highest BCUT2D eigenvalue weighted by Gasteiger charge is 2.31. The molecule has 0 spiro atoms. The van der Waals surface area contributed by atoms with Gasteiger partial charge in [-0.2, -0.15) is 0 Å². The van der Waals surface area contributed by atoms with Crippen molar-refractivity contribution in [2.24, 2.45) is 5.92 Å². The molecule has 31 heavy (non-hydrogen) atoms. The first-order chi connectivity index (χ1) is 15.2. The molecular formula is C26H30N4O. The average Bonchev–Trinajstić information content (AvgIpc) is 2.84. The topological polar surface area (TPSA) is 58.1 Å². The Morgan fingerprint density at radius 1 is 1.03 bits per heavy atom. The van der Waals surface area contributed by atoms with Crippen LogP contribution in [0.15, 0.2) is 79.1 Å². The van der Waals surface area contributed by atoms with Gasteiger partial charge in [-0.05, 0) is 61.1 Å². The van der Waals surface area contributed by atoms with Crippen molar-refractivity contribution < 1.29 is 4.79 Å². The van der Waals surface area contributed by atoms with Crippen molar-refractivity contribution in [3.05, 3.63) is 96.1 Å². The van der Waals surface area contributed by atoms with Gasteiger partial charge < -0.3 is 10.2 Å². The Morgan fingerprint density at radius 3 is 2.48 bits per heavy atom. The molecule has 1 aromatic carbocycles.